The molecule has 2 fully saturated rings. The Bertz CT molecular complexity index is 452. The Kier molecular flexibility index (Phi) is 6.21. The third-order valence-electron chi connectivity index (χ3n) is 3.01. The third kappa shape index (κ3) is 4.70. The molecule has 2 aliphatic heterocycles. The molecule has 2 saturated heterocycles. The van der Waals surface area contributed by atoms with E-state index in [4.69, 9.17) is 10.2 Å². The molecule has 3 N–H and O–H groups in total. The lowest BCUT2D eigenvalue weighted by molar-refractivity contribution is -0.137. The molecule has 0 atom stereocenters. The minimum absolute atomic E-state index is 0. The fourth-order valence-corrected chi connectivity index (χ4v) is 1.77. The number of halogens is 4. The van der Waals surface area contributed by atoms with Crippen molar-refractivity contribution in [1.82, 2.24) is 10.3 Å². The van der Waals surface area contributed by atoms with Crippen LogP contribution in [0.4, 0.5) is 19.0 Å². The average molecular weight is 328 g/mol. The summed E-state index contributed by atoms with van der Waals surface area (Å²) in [6, 6.07) is 2.25. The summed E-state index contributed by atoms with van der Waals surface area (Å²) in [5.41, 5.74) is -0.753. The maximum Gasteiger partial charge on any atom is 0.419 e. The van der Waals surface area contributed by atoms with E-state index in [-0.39, 0.29) is 37.4 Å². The van der Waals surface area contributed by atoms with Gasteiger partial charge in [0.2, 0.25) is 0 Å². The Hall–Kier alpha value is -1.09. The third-order valence-corrected chi connectivity index (χ3v) is 3.01. The number of rotatable bonds is 1. The van der Waals surface area contributed by atoms with Crippen molar-refractivity contribution < 1.29 is 23.4 Å². The largest absolute Gasteiger partial charge is 0.419 e. The second-order valence-corrected chi connectivity index (χ2v) is 4.74. The van der Waals surface area contributed by atoms with E-state index in [1.54, 1.807) is 0 Å². The first-order chi connectivity index (χ1) is 9.38. The number of nitrogens with zero attached hydrogens (tertiary/aromatic N) is 2. The Morgan fingerprint density at radius 1 is 1.19 bits per heavy atom. The first-order valence-corrected chi connectivity index (χ1v) is 6.22. The van der Waals surface area contributed by atoms with Gasteiger partial charge in [0.25, 0.3) is 0 Å². The van der Waals surface area contributed by atoms with E-state index in [1.807, 2.05) is 0 Å². The molecular formula is C12H17ClF3N3O2. The molecule has 9 heteroatoms. The second kappa shape index (κ2) is 7.26. The van der Waals surface area contributed by atoms with Crippen molar-refractivity contribution in [2.75, 3.05) is 31.1 Å². The molecule has 0 unspecified atom stereocenters. The Morgan fingerprint density at radius 3 is 2.14 bits per heavy atom. The Labute approximate surface area is 126 Å². The highest BCUT2D eigenvalue weighted by Crippen LogP contribution is 2.36. The van der Waals surface area contributed by atoms with Gasteiger partial charge >= 0.3 is 6.18 Å². The topological polar surface area (TPSA) is 68.6 Å². The van der Waals surface area contributed by atoms with Crippen molar-refractivity contribution in [3.8, 4) is 0 Å². The zero-order valence-electron chi connectivity index (χ0n) is 11.0. The molecule has 0 amide bonds. The van der Waals surface area contributed by atoms with Crippen molar-refractivity contribution in [3.63, 3.8) is 0 Å². The van der Waals surface area contributed by atoms with Crippen molar-refractivity contribution >= 4 is 18.2 Å². The van der Waals surface area contributed by atoms with Crippen LogP contribution in [-0.4, -0.2) is 53.6 Å². The summed E-state index contributed by atoms with van der Waals surface area (Å²) in [7, 11) is 0. The Morgan fingerprint density at radius 2 is 1.76 bits per heavy atom. The number of alkyl halides is 3. The molecule has 1 aromatic rings. The molecule has 0 radical (unpaired) electrons. The van der Waals surface area contributed by atoms with Gasteiger partial charge in [0.05, 0.1) is 17.8 Å². The molecule has 5 nitrogen and oxygen atoms in total. The molecule has 1 aromatic heterocycles. The number of aliphatic hydroxyl groups is 2. The molecule has 21 heavy (non-hydrogen) atoms. The van der Waals surface area contributed by atoms with Crippen LogP contribution in [0.25, 0.3) is 0 Å². The monoisotopic (exact) mass is 327 g/mol. The van der Waals surface area contributed by atoms with Gasteiger partial charge < -0.3 is 20.4 Å². The van der Waals surface area contributed by atoms with Crippen LogP contribution in [0, 0.1) is 0 Å². The first kappa shape index (κ1) is 18.0. The number of hydrogen-bond acceptors (Lipinski definition) is 5. The summed E-state index contributed by atoms with van der Waals surface area (Å²) < 4.78 is 37.6. The highest BCUT2D eigenvalue weighted by molar-refractivity contribution is 5.85. The molecule has 2 aliphatic rings. The van der Waals surface area contributed by atoms with Gasteiger partial charge in [0.1, 0.15) is 5.82 Å². The summed E-state index contributed by atoms with van der Waals surface area (Å²) >= 11 is 0. The first-order valence-electron chi connectivity index (χ1n) is 6.22. The molecule has 3 rings (SSSR count). The predicted molar refractivity (Wildman–Crippen MR) is 73.6 cm³/mol. The molecule has 0 saturated carbocycles. The summed E-state index contributed by atoms with van der Waals surface area (Å²) in [5.74, 6) is -0.102. The maximum absolute atomic E-state index is 12.5. The zero-order chi connectivity index (χ0) is 14.8. The second-order valence-electron chi connectivity index (χ2n) is 4.74. The van der Waals surface area contributed by atoms with Gasteiger partial charge in [0, 0.05) is 32.4 Å². The van der Waals surface area contributed by atoms with Crippen LogP contribution in [0.1, 0.15) is 5.56 Å². The smallest absolute Gasteiger partial charge is 0.390 e. The van der Waals surface area contributed by atoms with Crippen molar-refractivity contribution in [3.05, 3.63) is 23.9 Å². The quantitative estimate of drug-likeness (QED) is 0.707. The fraction of sp³-hybridized carbons (Fsp3) is 0.583. The van der Waals surface area contributed by atoms with E-state index in [1.165, 1.54) is 17.2 Å². The standard InChI is InChI=1S/C9H9F3N2O.C3H7NO.ClH/c10-9(11,12)7-2-1-3-13-8(7)14-4-6(15)5-14;5-3-1-4-2-3;/h1-3,6,15H,4-5H2;3-5H,1-2H2;1H. The number of hydrogen-bond donors (Lipinski definition) is 3. The van der Waals surface area contributed by atoms with Gasteiger partial charge in [-0.3, -0.25) is 0 Å². The van der Waals surface area contributed by atoms with Gasteiger partial charge in [-0.1, -0.05) is 0 Å². The van der Waals surface area contributed by atoms with E-state index in [2.05, 4.69) is 10.3 Å². The highest BCUT2D eigenvalue weighted by atomic mass is 35.5. The van der Waals surface area contributed by atoms with Gasteiger partial charge in [0.15, 0.2) is 0 Å². The van der Waals surface area contributed by atoms with Crippen LogP contribution in [0.3, 0.4) is 0 Å². The van der Waals surface area contributed by atoms with Crippen LogP contribution < -0.4 is 10.2 Å². The SMILES string of the molecule is Cl.OC1CN(c2ncccc2C(F)(F)F)C1.OC1CNC1. The van der Waals surface area contributed by atoms with E-state index in [0.717, 1.165) is 19.2 Å². The van der Waals surface area contributed by atoms with E-state index in [9.17, 15) is 13.2 Å². The van der Waals surface area contributed by atoms with Crippen LogP contribution in [0.15, 0.2) is 18.3 Å². The highest BCUT2D eigenvalue weighted by Gasteiger charge is 2.38. The summed E-state index contributed by atoms with van der Waals surface area (Å²) in [5, 5.41) is 20.3. The number of nitrogens with one attached hydrogen (secondary N) is 1. The van der Waals surface area contributed by atoms with Crippen LogP contribution >= 0.6 is 12.4 Å². The summed E-state index contributed by atoms with van der Waals surface area (Å²) in [6.07, 6.45) is -3.68. The van der Waals surface area contributed by atoms with Gasteiger partial charge in [-0.2, -0.15) is 13.2 Å². The predicted octanol–water partition coefficient (Wildman–Crippen LogP) is 0.654. The number of aliphatic hydroxyl groups excluding tert-OH is 2. The summed E-state index contributed by atoms with van der Waals surface area (Å²) in [4.78, 5) is 5.11. The normalized spacial score (nSPS) is 18.8. The lowest BCUT2D eigenvalue weighted by atomic mass is 10.1. The molecular weight excluding hydrogens is 311 g/mol. The van der Waals surface area contributed by atoms with Crippen molar-refractivity contribution in [2.24, 2.45) is 0 Å². The summed E-state index contributed by atoms with van der Waals surface area (Å²) in [6.45, 7) is 2.00. The van der Waals surface area contributed by atoms with Crippen molar-refractivity contribution in [1.29, 1.82) is 0 Å². The Balaban J connectivity index is 0.000000313. The van der Waals surface area contributed by atoms with Crippen molar-refractivity contribution in [2.45, 2.75) is 18.4 Å². The number of pyridine rings is 1. The molecule has 0 bridgehead atoms. The lowest BCUT2D eigenvalue weighted by Crippen LogP contribution is -2.51. The van der Waals surface area contributed by atoms with Crippen LogP contribution in [0.5, 0.6) is 0 Å². The van der Waals surface area contributed by atoms with Gasteiger partial charge in [-0.05, 0) is 12.1 Å². The van der Waals surface area contributed by atoms with E-state index >= 15 is 0 Å². The number of aromatic nitrogens is 1. The molecule has 0 spiro atoms. The lowest BCUT2D eigenvalue weighted by Gasteiger charge is -2.37. The van der Waals surface area contributed by atoms with Crippen LogP contribution in [-0.2, 0) is 6.18 Å². The minimum Gasteiger partial charge on any atom is -0.390 e. The minimum atomic E-state index is -4.40. The number of β-amino-alcohol motifs (C(OH)–C–C–N with tert-alkyl or cyclic N) is 2. The maximum atomic E-state index is 12.5. The number of anilines is 1. The average Bonchev–Trinajstić information content (AvgIpc) is 2.32. The molecule has 0 aromatic carbocycles. The van der Waals surface area contributed by atoms with E-state index in [0.29, 0.717) is 0 Å². The molecule has 3 heterocycles. The zero-order valence-corrected chi connectivity index (χ0v) is 11.9. The van der Waals surface area contributed by atoms with E-state index < -0.39 is 17.8 Å². The molecule has 0 aliphatic carbocycles. The fourth-order valence-electron chi connectivity index (χ4n) is 1.77. The van der Waals surface area contributed by atoms with Gasteiger partial charge in [-0.25, -0.2) is 4.98 Å². The van der Waals surface area contributed by atoms with Crippen LogP contribution in [0.2, 0.25) is 0 Å². The molecule has 120 valence electrons. The van der Waals surface area contributed by atoms with Gasteiger partial charge in [-0.15, -0.1) is 12.4 Å².